The van der Waals surface area contributed by atoms with E-state index >= 15 is 0 Å². The molecule has 0 atom stereocenters. The van der Waals surface area contributed by atoms with Gasteiger partial charge in [0.2, 0.25) is 0 Å². The monoisotopic (exact) mass is 161 g/mol. The molecule has 0 heterocycles. The van der Waals surface area contributed by atoms with Crippen molar-refractivity contribution in [1.82, 2.24) is 0 Å². The van der Waals surface area contributed by atoms with Crippen molar-refractivity contribution in [1.29, 1.82) is 0 Å². The van der Waals surface area contributed by atoms with Gasteiger partial charge in [-0.3, -0.25) is 4.79 Å². The van der Waals surface area contributed by atoms with Crippen LogP contribution >= 0.6 is 0 Å². The number of aliphatic carboxylic acids is 1. The second-order valence-corrected chi connectivity index (χ2v) is 2.29. The molecular formula is C10H9O2. The Morgan fingerprint density at radius 1 is 1.33 bits per heavy atom. The Balaban J connectivity index is 2.95. The molecule has 2 nitrogen and oxygen atoms in total. The van der Waals surface area contributed by atoms with Crippen LogP contribution in [-0.4, -0.2) is 11.1 Å². The van der Waals surface area contributed by atoms with E-state index in [0.29, 0.717) is 5.56 Å². The van der Waals surface area contributed by atoms with Crippen LogP contribution in [0.25, 0.3) is 0 Å². The number of hydrogen-bond acceptors (Lipinski definition) is 1. The Kier molecular flexibility index (Phi) is 2.64. The maximum absolute atomic E-state index is 10.6. The molecule has 0 spiro atoms. The van der Waals surface area contributed by atoms with Gasteiger partial charge in [0.15, 0.2) is 0 Å². The molecule has 2 heteroatoms. The zero-order valence-corrected chi connectivity index (χ0v) is 6.53. The molecular weight excluding hydrogens is 152 g/mol. The summed E-state index contributed by atoms with van der Waals surface area (Å²) >= 11 is 0. The molecule has 0 saturated carbocycles. The minimum absolute atomic E-state index is 0.232. The van der Waals surface area contributed by atoms with E-state index in [9.17, 15) is 4.79 Å². The number of hydrogen-bond donors (Lipinski definition) is 1. The fourth-order valence-electron chi connectivity index (χ4n) is 0.946. The molecule has 12 heavy (non-hydrogen) atoms. The van der Waals surface area contributed by atoms with Crippen molar-refractivity contribution >= 4 is 5.97 Å². The summed E-state index contributed by atoms with van der Waals surface area (Å²) in [5.41, 5.74) is 0.681. The first kappa shape index (κ1) is 8.53. The number of carboxylic acid groups (broad SMARTS) is 1. The minimum atomic E-state index is -0.948. The first-order chi connectivity index (χ1) is 5.75. The Morgan fingerprint density at radius 3 is 2.33 bits per heavy atom. The topological polar surface area (TPSA) is 37.3 Å². The summed E-state index contributed by atoms with van der Waals surface area (Å²) in [5, 5.41) is 8.72. The van der Waals surface area contributed by atoms with Crippen LogP contribution in [0, 0.1) is 5.92 Å². The van der Waals surface area contributed by atoms with Crippen LogP contribution in [0.3, 0.4) is 0 Å². The molecule has 1 aromatic rings. The third kappa shape index (κ3) is 1.72. The van der Waals surface area contributed by atoms with Gasteiger partial charge in [-0.25, -0.2) is 0 Å². The predicted molar refractivity (Wildman–Crippen MR) is 46.6 cm³/mol. The number of carboxylic acids is 1. The van der Waals surface area contributed by atoms with Gasteiger partial charge in [-0.1, -0.05) is 36.4 Å². The van der Waals surface area contributed by atoms with Crippen molar-refractivity contribution in [3.8, 4) is 0 Å². The lowest BCUT2D eigenvalue weighted by molar-refractivity contribution is -0.133. The van der Waals surface area contributed by atoms with E-state index in [1.54, 1.807) is 24.3 Å². The molecule has 0 amide bonds. The molecule has 1 rings (SSSR count). The van der Waals surface area contributed by atoms with Crippen LogP contribution in [0.15, 0.2) is 43.0 Å². The summed E-state index contributed by atoms with van der Waals surface area (Å²) < 4.78 is 0. The lowest BCUT2D eigenvalue weighted by Crippen LogP contribution is -2.09. The molecule has 0 saturated heterocycles. The smallest absolute Gasteiger partial charge is 0.319 e. The molecule has 0 aliphatic heterocycles. The van der Waals surface area contributed by atoms with E-state index in [-0.39, 0.29) is 5.92 Å². The van der Waals surface area contributed by atoms with Crippen molar-refractivity contribution in [2.45, 2.75) is 0 Å². The van der Waals surface area contributed by atoms with Gasteiger partial charge in [-0.15, -0.1) is 6.58 Å². The largest absolute Gasteiger partial charge is 0.480 e. The van der Waals surface area contributed by atoms with E-state index in [4.69, 9.17) is 5.11 Å². The molecule has 1 N–H and O–H groups in total. The molecule has 0 unspecified atom stereocenters. The lowest BCUT2D eigenvalue weighted by atomic mass is 10.00. The van der Waals surface area contributed by atoms with Crippen molar-refractivity contribution < 1.29 is 9.90 Å². The Hall–Kier alpha value is -1.57. The maximum atomic E-state index is 10.6. The van der Waals surface area contributed by atoms with Gasteiger partial charge in [0.25, 0.3) is 0 Å². The molecule has 61 valence electrons. The summed E-state index contributed by atoms with van der Waals surface area (Å²) in [6, 6.07) is 8.91. The Labute approximate surface area is 71.2 Å². The van der Waals surface area contributed by atoms with Gasteiger partial charge < -0.3 is 5.11 Å². The van der Waals surface area contributed by atoms with Crippen molar-refractivity contribution in [2.24, 2.45) is 0 Å². The first-order valence-corrected chi connectivity index (χ1v) is 3.54. The van der Waals surface area contributed by atoms with E-state index < -0.39 is 5.97 Å². The third-order valence-electron chi connectivity index (χ3n) is 1.52. The summed E-state index contributed by atoms with van der Waals surface area (Å²) in [7, 11) is 0. The Morgan fingerprint density at radius 2 is 1.92 bits per heavy atom. The Bertz CT molecular complexity index is 277. The maximum Gasteiger partial charge on any atom is 0.319 e. The predicted octanol–water partition coefficient (Wildman–Crippen LogP) is 1.88. The average Bonchev–Trinajstić information content (AvgIpc) is 2.07. The van der Waals surface area contributed by atoms with Crippen LogP contribution in [0.5, 0.6) is 0 Å². The normalized spacial score (nSPS) is 9.75. The van der Waals surface area contributed by atoms with Crippen molar-refractivity contribution in [2.75, 3.05) is 0 Å². The molecule has 0 fully saturated rings. The van der Waals surface area contributed by atoms with Gasteiger partial charge >= 0.3 is 5.97 Å². The molecule has 0 aromatic heterocycles. The fraction of sp³-hybridized carbons (Fsp3) is 0. The average molecular weight is 161 g/mol. The van der Waals surface area contributed by atoms with Crippen LogP contribution in [0.4, 0.5) is 0 Å². The SMILES string of the molecule is C=C[C](C(=O)O)c1ccccc1. The number of rotatable bonds is 3. The highest BCUT2D eigenvalue weighted by Gasteiger charge is 2.15. The second-order valence-electron chi connectivity index (χ2n) is 2.29. The van der Waals surface area contributed by atoms with Crippen LogP contribution < -0.4 is 0 Å². The van der Waals surface area contributed by atoms with Crippen LogP contribution in [0.2, 0.25) is 0 Å². The molecule has 0 aliphatic rings. The van der Waals surface area contributed by atoms with Crippen LogP contribution in [0.1, 0.15) is 5.56 Å². The summed E-state index contributed by atoms with van der Waals surface area (Å²) in [6.07, 6.45) is 1.34. The fourth-order valence-corrected chi connectivity index (χ4v) is 0.946. The second kappa shape index (κ2) is 3.72. The zero-order chi connectivity index (χ0) is 8.97. The first-order valence-electron chi connectivity index (χ1n) is 3.54. The van der Waals surface area contributed by atoms with E-state index in [1.807, 2.05) is 6.07 Å². The summed E-state index contributed by atoms with van der Waals surface area (Å²) in [6.45, 7) is 3.44. The number of carbonyl (C=O) groups is 1. The summed E-state index contributed by atoms with van der Waals surface area (Å²) in [4.78, 5) is 10.6. The molecule has 1 radical (unpaired) electrons. The highest BCUT2D eigenvalue weighted by atomic mass is 16.4. The van der Waals surface area contributed by atoms with Gasteiger partial charge in [-0.05, 0) is 5.56 Å². The van der Waals surface area contributed by atoms with E-state index in [1.165, 1.54) is 6.08 Å². The van der Waals surface area contributed by atoms with Crippen LogP contribution in [-0.2, 0) is 4.79 Å². The van der Waals surface area contributed by atoms with Gasteiger partial charge in [-0.2, -0.15) is 0 Å². The lowest BCUT2D eigenvalue weighted by Gasteiger charge is -2.04. The van der Waals surface area contributed by atoms with Crippen molar-refractivity contribution in [3.05, 3.63) is 54.5 Å². The third-order valence-corrected chi connectivity index (χ3v) is 1.52. The van der Waals surface area contributed by atoms with Gasteiger partial charge in [0, 0.05) is 0 Å². The summed E-state index contributed by atoms with van der Waals surface area (Å²) in [5.74, 6) is -0.716. The minimum Gasteiger partial charge on any atom is -0.480 e. The number of benzene rings is 1. The quantitative estimate of drug-likeness (QED) is 0.734. The zero-order valence-electron chi connectivity index (χ0n) is 6.53. The highest BCUT2D eigenvalue weighted by molar-refractivity contribution is 5.90. The highest BCUT2D eigenvalue weighted by Crippen LogP contribution is 2.14. The van der Waals surface area contributed by atoms with Gasteiger partial charge in [0.1, 0.15) is 5.92 Å². The molecule has 0 aliphatic carbocycles. The van der Waals surface area contributed by atoms with Crippen molar-refractivity contribution in [3.63, 3.8) is 0 Å². The molecule has 1 aromatic carbocycles. The van der Waals surface area contributed by atoms with E-state index in [2.05, 4.69) is 6.58 Å². The molecule has 0 bridgehead atoms. The van der Waals surface area contributed by atoms with E-state index in [0.717, 1.165) is 0 Å². The van der Waals surface area contributed by atoms with Gasteiger partial charge in [0.05, 0.1) is 0 Å². The standard InChI is InChI=1S/C10H9O2/c1-2-9(10(11)12)8-6-4-3-5-7-8/h2-7H,1H2,(H,11,12).